The van der Waals surface area contributed by atoms with E-state index in [1.54, 1.807) is 61.5 Å². The standard InChI is InChI=1S/C33H25Br2ClN2O6/c1-16-26(36)11-10-19-23(33(43)44-15-29(40)20-4-2-3-5-28(20)39)14-27(37-30(16)19)17-6-8-18(9-7-17)38-31(41)21-12-24(34)25(35)13-22(21)32(38)42/h2-11,14,21-22,24-25,39H,12-13,15H2,1H3. The van der Waals surface area contributed by atoms with Crippen LogP contribution in [0.5, 0.6) is 5.75 Å². The molecule has 3 aromatic carbocycles. The molecule has 0 spiro atoms. The van der Waals surface area contributed by atoms with Crippen LogP contribution in [0.1, 0.15) is 39.1 Å². The van der Waals surface area contributed by atoms with E-state index < -0.39 is 18.4 Å². The SMILES string of the molecule is Cc1c(Cl)ccc2c(C(=O)OCC(=O)c3ccccc3O)cc(-c3ccc(N4C(=O)C5CC(Br)C(Br)CC5C4=O)cc3)nc12. The van der Waals surface area contributed by atoms with E-state index in [2.05, 4.69) is 31.9 Å². The van der Waals surface area contributed by atoms with Crippen molar-refractivity contribution < 1.29 is 29.0 Å². The Labute approximate surface area is 274 Å². The van der Waals surface area contributed by atoms with Gasteiger partial charge in [-0.3, -0.25) is 19.3 Å². The molecule has 8 nitrogen and oxygen atoms in total. The van der Waals surface area contributed by atoms with Gasteiger partial charge in [0.25, 0.3) is 0 Å². The first-order chi connectivity index (χ1) is 21.0. The van der Waals surface area contributed by atoms with Crippen LogP contribution in [0, 0.1) is 18.8 Å². The number of halogens is 3. The summed E-state index contributed by atoms with van der Waals surface area (Å²) in [7, 11) is 0. The van der Waals surface area contributed by atoms with E-state index in [9.17, 15) is 24.3 Å². The Balaban J connectivity index is 1.31. The van der Waals surface area contributed by atoms with Crippen LogP contribution in [0.2, 0.25) is 5.02 Å². The maximum absolute atomic E-state index is 13.3. The number of phenolic OH excluding ortho intramolecular Hbond substituents is 1. The molecule has 4 atom stereocenters. The number of benzene rings is 3. The molecule has 224 valence electrons. The van der Waals surface area contributed by atoms with Gasteiger partial charge in [0.1, 0.15) is 5.75 Å². The topological polar surface area (TPSA) is 114 Å². The van der Waals surface area contributed by atoms with Crippen molar-refractivity contribution in [3.63, 3.8) is 0 Å². The number of ether oxygens (including phenoxy) is 1. The van der Waals surface area contributed by atoms with Gasteiger partial charge in [0.2, 0.25) is 17.6 Å². The quantitative estimate of drug-likeness (QED) is 0.0978. The van der Waals surface area contributed by atoms with Crippen LogP contribution in [-0.2, 0) is 14.3 Å². The Kier molecular flexibility index (Phi) is 8.34. The summed E-state index contributed by atoms with van der Waals surface area (Å²) >= 11 is 13.6. The zero-order valence-electron chi connectivity index (χ0n) is 23.3. The number of phenols is 1. The molecule has 2 aliphatic rings. The van der Waals surface area contributed by atoms with Crippen molar-refractivity contribution in [3.8, 4) is 17.0 Å². The highest BCUT2D eigenvalue weighted by molar-refractivity contribution is 9.12. The number of hydrogen-bond acceptors (Lipinski definition) is 7. The first kappa shape index (κ1) is 30.4. The number of imide groups is 1. The van der Waals surface area contributed by atoms with Crippen molar-refractivity contribution in [3.05, 3.63) is 88.4 Å². The fourth-order valence-electron chi connectivity index (χ4n) is 5.85. The number of ketones is 1. The number of amides is 2. The predicted molar refractivity (Wildman–Crippen MR) is 174 cm³/mol. The number of rotatable bonds is 6. The minimum Gasteiger partial charge on any atom is -0.507 e. The maximum atomic E-state index is 13.3. The first-order valence-electron chi connectivity index (χ1n) is 13.9. The number of alkyl halides is 2. The van der Waals surface area contributed by atoms with Gasteiger partial charge >= 0.3 is 5.97 Å². The Morgan fingerprint density at radius 1 is 0.955 bits per heavy atom. The second-order valence-corrected chi connectivity index (χ2v) is 13.7. The van der Waals surface area contributed by atoms with Gasteiger partial charge in [-0.05, 0) is 61.7 Å². The summed E-state index contributed by atoms with van der Waals surface area (Å²) in [5.74, 6) is -2.61. The Bertz CT molecular complexity index is 1820. The lowest BCUT2D eigenvalue weighted by Crippen LogP contribution is -2.34. The van der Waals surface area contributed by atoms with E-state index in [-0.39, 0.29) is 50.2 Å². The van der Waals surface area contributed by atoms with Gasteiger partial charge in [-0.15, -0.1) is 0 Å². The second kappa shape index (κ2) is 12.1. The van der Waals surface area contributed by atoms with E-state index in [1.807, 2.05) is 0 Å². The lowest BCUT2D eigenvalue weighted by atomic mass is 9.81. The number of fused-ring (bicyclic) bond motifs is 2. The number of anilines is 1. The maximum Gasteiger partial charge on any atom is 0.339 e. The number of aromatic hydroxyl groups is 1. The third-order valence-electron chi connectivity index (χ3n) is 8.26. The molecule has 1 N–H and O–H groups in total. The molecule has 1 aliphatic heterocycles. The van der Waals surface area contributed by atoms with Gasteiger partial charge in [-0.2, -0.15) is 0 Å². The number of carbonyl (C=O) groups is 4. The van der Waals surface area contributed by atoms with E-state index >= 15 is 0 Å². The highest BCUT2D eigenvalue weighted by Gasteiger charge is 2.52. The molecule has 1 aromatic heterocycles. The number of para-hydroxylation sites is 1. The van der Waals surface area contributed by atoms with Crippen LogP contribution in [0.4, 0.5) is 5.69 Å². The van der Waals surface area contributed by atoms with Crippen molar-refractivity contribution in [1.82, 2.24) is 4.98 Å². The van der Waals surface area contributed by atoms with Crippen molar-refractivity contribution in [2.45, 2.75) is 29.4 Å². The Hall–Kier alpha value is -3.60. The van der Waals surface area contributed by atoms with Gasteiger partial charge in [-0.25, -0.2) is 9.78 Å². The highest BCUT2D eigenvalue weighted by Crippen LogP contribution is 2.44. The van der Waals surface area contributed by atoms with Crippen molar-refractivity contribution >= 4 is 83.6 Å². The summed E-state index contributed by atoms with van der Waals surface area (Å²) in [4.78, 5) is 58.8. The Morgan fingerprint density at radius 2 is 1.59 bits per heavy atom. The van der Waals surface area contributed by atoms with E-state index in [0.29, 0.717) is 51.3 Å². The van der Waals surface area contributed by atoms with Crippen LogP contribution >= 0.6 is 43.5 Å². The first-order valence-corrected chi connectivity index (χ1v) is 16.1. The minimum atomic E-state index is -0.744. The number of nitrogens with zero attached hydrogens (tertiary/aromatic N) is 2. The molecular weight excluding hydrogens is 716 g/mol. The third-order valence-corrected chi connectivity index (χ3v) is 11.4. The number of Topliss-reactive ketones (excluding diaryl/α,β-unsaturated/α-hetero) is 1. The largest absolute Gasteiger partial charge is 0.507 e. The highest BCUT2D eigenvalue weighted by atomic mass is 79.9. The number of carbonyl (C=O) groups excluding carboxylic acids is 4. The molecule has 4 unspecified atom stereocenters. The number of aromatic nitrogens is 1. The zero-order chi connectivity index (χ0) is 31.3. The molecule has 0 bridgehead atoms. The summed E-state index contributed by atoms with van der Waals surface area (Å²) in [5, 5.41) is 11.0. The molecule has 1 saturated heterocycles. The molecule has 44 heavy (non-hydrogen) atoms. The average molecular weight is 741 g/mol. The molecule has 4 aromatic rings. The number of pyridine rings is 1. The van der Waals surface area contributed by atoms with Gasteiger partial charge in [-0.1, -0.05) is 73.8 Å². The van der Waals surface area contributed by atoms with E-state index in [4.69, 9.17) is 21.3 Å². The van der Waals surface area contributed by atoms with Crippen molar-refractivity contribution in [1.29, 1.82) is 0 Å². The minimum absolute atomic E-state index is 0.0523. The molecule has 1 saturated carbocycles. The van der Waals surface area contributed by atoms with E-state index in [1.165, 1.54) is 17.0 Å². The van der Waals surface area contributed by atoms with Crippen LogP contribution in [-0.4, -0.2) is 49.9 Å². The van der Waals surface area contributed by atoms with Gasteiger partial charge in [0, 0.05) is 25.6 Å². The van der Waals surface area contributed by atoms with Gasteiger partial charge in [0.05, 0.1) is 39.9 Å². The molecule has 11 heteroatoms. The van der Waals surface area contributed by atoms with Crippen LogP contribution < -0.4 is 4.90 Å². The Morgan fingerprint density at radius 3 is 2.23 bits per heavy atom. The van der Waals surface area contributed by atoms with E-state index in [0.717, 1.165) is 0 Å². The lowest BCUT2D eigenvalue weighted by Gasteiger charge is -2.29. The smallest absolute Gasteiger partial charge is 0.339 e. The number of esters is 1. The molecule has 2 amide bonds. The lowest BCUT2D eigenvalue weighted by molar-refractivity contribution is -0.122. The number of hydrogen-bond donors (Lipinski definition) is 1. The molecular formula is C33H25Br2ClN2O6. The number of aryl methyl sites for hydroxylation is 1. The molecule has 2 fully saturated rings. The molecule has 1 aliphatic carbocycles. The summed E-state index contributed by atoms with van der Waals surface area (Å²) in [6.07, 6.45) is 1.17. The normalized spacial score (nSPS) is 21.4. The monoisotopic (exact) mass is 738 g/mol. The van der Waals surface area contributed by atoms with Crippen molar-refractivity contribution in [2.24, 2.45) is 11.8 Å². The predicted octanol–water partition coefficient (Wildman–Crippen LogP) is 7.04. The fourth-order valence-corrected chi connectivity index (χ4v) is 7.24. The zero-order valence-corrected chi connectivity index (χ0v) is 27.2. The average Bonchev–Trinajstić information content (AvgIpc) is 3.25. The fraction of sp³-hybridized carbons (Fsp3) is 0.242. The summed E-state index contributed by atoms with van der Waals surface area (Å²) in [5.41, 5.74) is 2.92. The second-order valence-electron chi connectivity index (χ2n) is 10.9. The third kappa shape index (κ3) is 5.44. The van der Waals surface area contributed by atoms with Gasteiger partial charge in [0.15, 0.2) is 6.61 Å². The molecule has 0 radical (unpaired) electrons. The van der Waals surface area contributed by atoms with Gasteiger partial charge < -0.3 is 9.84 Å². The van der Waals surface area contributed by atoms with Crippen LogP contribution in [0.25, 0.3) is 22.2 Å². The summed E-state index contributed by atoms with van der Waals surface area (Å²) in [6, 6.07) is 17.8. The molecule has 2 heterocycles. The van der Waals surface area contributed by atoms with Crippen LogP contribution in [0.15, 0.2) is 66.7 Å². The summed E-state index contributed by atoms with van der Waals surface area (Å²) < 4.78 is 5.39. The summed E-state index contributed by atoms with van der Waals surface area (Å²) in [6.45, 7) is 1.22. The molecule has 6 rings (SSSR count). The van der Waals surface area contributed by atoms with Crippen molar-refractivity contribution in [2.75, 3.05) is 11.5 Å². The van der Waals surface area contributed by atoms with Crippen LogP contribution in [0.3, 0.4) is 0 Å².